The lowest BCUT2D eigenvalue weighted by Gasteiger charge is -2.24. The summed E-state index contributed by atoms with van der Waals surface area (Å²) >= 11 is 0. The summed E-state index contributed by atoms with van der Waals surface area (Å²) in [6, 6.07) is -2.02. The van der Waals surface area contributed by atoms with Crippen molar-refractivity contribution in [3.05, 3.63) is 0 Å². The summed E-state index contributed by atoms with van der Waals surface area (Å²) in [7, 11) is 0. The highest BCUT2D eigenvalue weighted by molar-refractivity contribution is 5.84. The number of rotatable bonds is 6. The minimum atomic E-state index is -1.40. The first-order valence-electron chi connectivity index (χ1n) is 6.28. The van der Waals surface area contributed by atoms with E-state index >= 15 is 0 Å². The fourth-order valence-corrected chi connectivity index (χ4v) is 1.90. The van der Waals surface area contributed by atoms with Crippen LogP contribution >= 0.6 is 0 Å². The first-order chi connectivity index (χ1) is 8.05. The molecule has 1 amide bonds. The monoisotopic (exact) mass is 228 g/mol. The van der Waals surface area contributed by atoms with Crippen LogP contribution in [0.15, 0.2) is 0 Å². The molecule has 16 heavy (non-hydrogen) atoms. The third kappa shape index (κ3) is 3.28. The zero-order valence-corrected chi connectivity index (χ0v) is 9.52. The number of hydrogen-bond donors (Lipinski definition) is 2. The fourth-order valence-electron chi connectivity index (χ4n) is 1.90. The van der Waals surface area contributed by atoms with Crippen LogP contribution in [0.25, 0.3) is 0 Å². The van der Waals surface area contributed by atoms with Crippen molar-refractivity contribution < 1.29 is 11.0 Å². The SMILES string of the molecule is [2H][C@@]1(C=O)CCCN1C(=O)[C@@H](N)CCCCN. The fraction of sp³-hybridized carbons (Fsp3) is 0.818. The molecule has 0 aromatic heterocycles. The number of hydrogen-bond acceptors (Lipinski definition) is 4. The van der Waals surface area contributed by atoms with Gasteiger partial charge in [0.1, 0.15) is 6.29 Å². The van der Waals surface area contributed by atoms with Crippen LogP contribution in [0.5, 0.6) is 0 Å². The van der Waals surface area contributed by atoms with Gasteiger partial charge in [0.25, 0.3) is 0 Å². The van der Waals surface area contributed by atoms with Gasteiger partial charge < -0.3 is 21.2 Å². The van der Waals surface area contributed by atoms with Crippen molar-refractivity contribution in [3.8, 4) is 0 Å². The topological polar surface area (TPSA) is 89.4 Å². The molecular weight excluding hydrogens is 206 g/mol. The molecule has 0 bridgehead atoms. The van der Waals surface area contributed by atoms with Crippen molar-refractivity contribution in [3.63, 3.8) is 0 Å². The number of likely N-dealkylation sites (tertiary alicyclic amines) is 1. The Balaban J connectivity index is 2.54. The second-order valence-electron chi connectivity index (χ2n) is 4.09. The van der Waals surface area contributed by atoms with Crippen LogP contribution in [-0.4, -0.2) is 42.2 Å². The van der Waals surface area contributed by atoms with Gasteiger partial charge in [-0.3, -0.25) is 4.79 Å². The van der Waals surface area contributed by atoms with E-state index in [1.165, 1.54) is 4.90 Å². The molecule has 1 saturated heterocycles. The summed E-state index contributed by atoms with van der Waals surface area (Å²) in [5.41, 5.74) is 11.1. The smallest absolute Gasteiger partial charge is 0.240 e. The summed E-state index contributed by atoms with van der Waals surface area (Å²) in [6.45, 7) is 1.03. The van der Waals surface area contributed by atoms with Gasteiger partial charge in [-0.2, -0.15) is 0 Å². The summed E-state index contributed by atoms with van der Waals surface area (Å²) in [5.74, 6) is -0.290. The molecule has 5 heteroatoms. The Morgan fingerprint density at radius 1 is 1.62 bits per heavy atom. The van der Waals surface area contributed by atoms with Crippen LogP contribution in [-0.2, 0) is 9.59 Å². The van der Waals surface area contributed by atoms with Gasteiger partial charge in [-0.25, -0.2) is 0 Å². The number of nitrogens with two attached hydrogens (primary N) is 2. The number of carbonyl (C=O) groups excluding carboxylic acids is 2. The number of nitrogens with zero attached hydrogens (tertiary/aromatic N) is 1. The number of unbranched alkanes of at least 4 members (excludes halogenated alkanes) is 1. The van der Waals surface area contributed by atoms with Crippen molar-refractivity contribution in [1.29, 1.82) is 0 Å². The van der Waals surface area contributed by atoms with E-state index in [0.717, 1.165) is 12.8 Å². The van der Waals surface area contributed by atoms with Crippen LogP contribution in [0, 0.1) is 0 Å². The van der Waals surface area contributed by atoms with E-state index in [1.54, 1.807) is 0 Å². The zero-order chi connectivity index (χ0) is 12.9. The van der Waals surface area contributed by atoms with Gasteiger partial charge in [0.05, 0.1) is 13.4 Å². The van der Waals surface area contributed by atoms with Crippen LogP contribution in [0.2, 0.25) is 0 Å². The molecule has 0 radical (unpaired) electrons. The average molecular weight is 228 g/mol. The predicted octanol–water partition coefficient (Wildman–Crippen LogP) is -0.367. The second-order valence-corrected chi connectivity index (χ2v) is 4.09. The van der Waals surface area contributed by atoms with Crippen molar-refractivity contribution in [1.82, 2.24) is 4.90 Å². The van der Waals surface area contributed by atoms with E-state index in [-0.39, 0.29) is 5.91 Å². The van der Waals surface area contributed by atoms with E-state index in [2.05, 4.69) is 0 Å². The zero-order valence-electron chi connectivity index (χ0n) is 10.5. The van der Waals surface area contributed by atoms with Gasteiger partial charge in [-0.05, 0) is 32.2 Å². The van der Waals surface area contributed by atoms with E-state index in [1.807, 2.05) is 0 Å². The van der Waals surface area contributed by atoms with Crippen molar-refractivity contribution >= 4 is 12.2 Å². The lowest BCUT2D eigenvalue weighted by Crippen LogP contribution is -2.46. The molecule has 1 heterocycles. The Morgan fingerprint density at radius 3 is 3.00 bits per heavy atom. The Kier molecular flexibility index (Phi) is 4.76. The minimum absolute atomic E-state index is 0.290. The van der Waals surface area contributed by atoms with Gasteiger partial charge in [0, 0.05) is 6.54 Å². The third-order valence-corrected chi connectivity index (χ3v) is 2.85. The van der Waals surface area contributed by atoms with E-state index in [4.69, 9.17) is 12.8 Å². The van der Waals surface area contributed by atoms with E-state index < -0.39 is 12.1 Å². The molecule has 0 unspecified atom stereocenters. The normalized spacial score (nSPS) is 27.6. The third-order valence-electron chi connectivity index (χ3n) is 2.85. The molecule has 1 aliphatic heterocycles. The maximum Gasteiger partial charge on any atom is 0.240 e. The highest BCUT2D eigenvalue weighted by Gasteiger charge is 2.30. The Morgan fingerprint density at radius 2 is 2.38 bits per heavy atom. The molecule has 92 valence electrons. The van der Waals surface area contributed by atoms with Crippen LogP contribution < -0.4 is 11.5 Å². The molecule has 1 aliphatic rings. The molecule has 0 saturated carbocycles. The molecule has 0 aromatic carbocycles. The van der Waals surface area contributed by atoms with Gasteiger partial charge in [0.15, 0.2) is 0 Å². The first-order valence-corrected chi connectivity index (χ1v) is 5.78. The van der Waals surface area contributed by atoms with Gasteiger partial charge in [0.2, 0.25) is 5.91 Å². The van der Waals surface area contributed by atoms with E-state index in [9.17, 15) is 9.59 Å². The molecule has 0 aliphatic carbocycles. The van der Waals surface area contributed by atoms with Crippen molar-refractivity contribution in [2.45, 2.75) is 44.2 Å². The predicted molar refractivity (Wildman–Crippen MR) is 61.7 cm³/mol. The molecule has 5 nitrogen and oxygen atoms in total. The summed E-state index contributed by atoms with van der Waals surface area (Å²) in [6.07, 6.45) is 3.80. The second kappa shape index (κ2) is 6.60. The van der Waals surface area contributed by atoms with Crippen LogP contribution in [0.3, 0.4) is 0 Å². The molecule has 1 rings (SSSR count). The first kappa shape index (κ1) is 11.5. The molecule has 1 fully saturated rings. The van der Waals surface area contributed by atoms with Crippen LogP contribution in [0.4, 0.5) is 0 Å². The molecule has 0 spiro atoms. The highest BCUT2D eigenvalue weighted by atomic mass is 16.2. The molecule has 2 atom stereocenters. The van der Waals surface area contributed by atoms with Crippen LogP contribution in [0.1, 0.15) is 33.5 Å². The summed E-state index contributed by atoms with van der Waals surface area (Å²) < 4.78 is 7.88. The minimum Gasteiger partial charge on any atom is -0.332 e. The van der Waals surface area contributed by atoms with E-state index in [0.29, 0.717) is 38.6 Å². The lowest BCUT2D eigenvalue weighted by molar-refractivity contribution is -0.135. The Labute approximate surface area is 97.6 Å². The Bertz CT molecular complexity index is 288. The standard InChI is InChI=1S/C11H21N3O2/c12-6-2-1-5-10(13)11(16)14-7-3-4-9(14)8-15/h8-10H,1-7,12-13H2/t9-,10-/m0/s1/i9D. The van der Waals surface area contributed by atoms with Gasteiger partial charge in [-0.15, -0.1) is 0 Å². The molecule has 4 N–H and O–H groups in total. The maximum atomic E-state index is 12.0. The summed E-state index contributed by atoms with van der Waals surface area (Å²) in [5, 5.41) is 0. The number of carbonyl (C=O) groups is 2. The van der Waals surface area contributed by atoms with Gasteiger partial charge >= 0.3 is 0 Å². The molecular formula is C11H21N3O2. The number of aldehydes is 1. The number of amides is 1. The Hall–Kier alpha value is -0.940. The maximum absolute atomic E-state index is 12.0. The molecule has 0 aromatic rings. The van der Waals surface area contributed by atoms with Crippen molar-refractivity contribution in [2.75, 3.05) is 13.1 Å². The quantitative estimate of drug-likeness (QED) is 0.479. The van der Waals surface area contributed by atoms with Gasteiger partial charge in [-0.1, -0.05) is 6.42 Å². The summed E-state index contributed by atoms with van der Waals surface area (Å²) in [4.78, 5) is 24.2. The highest BCUT2D eigenvalue weighted by Crippen LogP contribution is 2.17. The lowest BCUT2D eigenvalue weighted by atomic mass is 10.1. The average Bonchev–Trinajstić information content (AvgIpc) is 2.71. The largest absolute Gasteiger partial charge is 0.332 e. The van der Waals surface area contributed by atoms with Crippen molar-refractivity contribution in [2.24, 2.45) is 11.5 Å².